The summed E-state index contributed by atoms with van der Waals surface area (Å²) in [5.74, 6) is -0.869. The van der Waals surface area contributed by atoms with E-state index in [1.165, 1.54) is 12.1 Å². The van der Waals surface area contributed by atoms with Gasteiger partial charge in [-0.25, -0.2) is 0 Å². The minimum Gasteiger partial charge on any atom is -0.342 e. The zero-order valence-electron chi connectivity index (χ0n) is 11.0. The smallest absolute Gasteiger partial charge is 0.305 e. The Morgan fingerprint density at radius 2 is 2.10 bits per heavy atom. The first-order valence-electron chi connectivity index (χ1n) is 6.50. The number of nitrogens with zero attached hydrogens (tertiary/aromatic N) is 2. The molecule has 0 unspecified atom stereocenters. The molecule has 1 fully saturated rings. The quantitative estimate of drug-likeness (QED) is 0.654. The molecule has 0 saturated carbocycles. The van der Waals surface area contributed by atoms with Crippen molar-refractivity contribution < 1.29 is 14.1 Å². The second-order valence-corrected chi connectivity index (χ2v) is 4.70. The molecule has 1 aliphatic heterocycles. The van der Waals surface area contributed by atoms with E-state index in [9.17, 15) is 19.3 Å². The van der Waals surface area contributed by atoms with Crippen molar-refractivity contribution in [2.45, 2.75) is 19.4 Å². The maximum absolute atomic E-state index is 13.8. The maximum atomic E-state index is 13.8. The summed E-state index contributed by atoms with van der Waals surface area (Å²) in [6.07, 6.45) is 2.04. The molecule has 20 heavy (non-hydrogen) atoms. The Kier molecular flexibility index (Phi) is 4.62. The first-order valence-corrected chi connectivity index (χ1v) is 6.50. The van der Waals surface area contributed by atoms with Crippen LogP contribution in [0.3, 0.4) is 0 Å². The number of nitro benzene ring substituents is 1. The first-order chi connectivity index (χ1) is 9.59. The number of carbonyl (C=O) groups is 1. The molecule has 1 aromatic rings. The van der Waals surface area contributed by atoms with Gasteiger partial charge in [-0.2, -0.15) is 4.39 Å². The lowest BCUT2D eigenvalue weighted by Crippen LogP contribution is -2.36. The lowest BCUT2D eigenvalue weighted by atomic mass is 10.2. The number of halogens is 1. The molecule has 1 aromatic carbocycles. The average molecular weight is 281 g/mol. The molecule has 0 aromatic heterocycles. The predicted octanol–water partition coefficient (Wildman–Crippen LogP) is 1.45. The van der Waals surface area contributed by atoms with Crippen molar-refractivity contribution in [3.05, 3.63) is 39.7 Å². The normalized spacial score (nSPS) is 14.6. The van der Waals surface area contributed by atoms with Crippen molar-refractivity contribution in [1.82, 2.24) is 10.2 Å². The van der Waals surface area contributed by atoms with Crippen LogP contribution >= 0.6 is 0 Å². The molecule has 7 heteroatoms. The number of nitrogens with one attached hydrogen (secondary N) is 1. The van der Waals surface area contributed by atoms with Crippen LogP contribution in [0.25, 0.3) is 0 Å². The van der Waals surface area contributed by atoms with Gasteiger partial charge in [0.15, 0.2) is 0 Å². The monoisotopic (exact) mass is 281 g/mol. The van der Waals surface area contributed by atoms with Crippen LogP contribution in [0, 0.1) is 15.9 Å². The van der Waals surface area contributed by atoms with Crippen LogP contribution in [-0.2, 0) is 11.3 Å². The van der Waals surface area contributed by atoms with E-state index < -0.39 is 16.4 Å². The molecule has 0 radical (unpaired) electrons. The van der Waals surface area contributed by atoms with E-state index in [2.05, 4.69) is 5.32 Å². The van der Waals surface area contributed by atoms with E-state index in [1.807, 2.05) is 0 Å². The highest BCUT2D eigenvalue weighted by molar-refractivity contribution is 5.78. The van der Waals surface area contributed by atoms with Crippen LogP contribution in [0.5, 0.6) is 0 Å². The third kappa shape index (κ3) is 3.30. The van der Waals surface area contributed by atoms with Gasteiger partial charge in [-0.1, -0.05) is 12.1 Å². The van der Waals surface area contributed by atoms with Crippen molar-refractivity contribution in [3.8, 4) is 0 Å². The fraction of sp³-hybridized carbons (Fsp3) is 0.462. The predicted molar refractivity (Wildman–Crippen MR) is 70.6 cm³/mol. The fourth-order valence-corrected chi connectivity index (χ4v) is 2.23. The van der Waals surface area contributed by atoms with Gasteiger partial charge in [0.05, 0.1) is 11.5 Å². The van der Waals surface area contributed by atoms with Crippen LogP contribution < -0.4 is 5.32 Å². The number of amides is 1. The van der Waals surface area contributed by atoms with E-state index in [1.54, 1.807) is 4.90 Å². The van der Waals surface area contributed by atoms with Crippen LogP contribution in [0.4, 0.5) is 10.1 Å². The molecule has 0 atom stereocenters. The number of likely N-dealkylation sites (tertiary alicyclic amines) is 1. The summed E-state index contributed by atoms with van der Waals surface area (Å²) in [5.41, 5.74) is -0.358. The average Bonchev–Trinajstić information content (AvgIpc) is 2.94. The molecule has 1 N–H and O–H groups in total. The van der Waals surface area contributed by atoms with E-state index in [0.717, 1.165) is 32.0 Å². The van der Waals surface area contributed by atoms with E-state index in [0.29, 0.717) is 0 Å². The number of nitro groups is 1. The van der Waals surface area contributed by atoms with Gasteiger partial charge in [0, 0.05) is 31.3 Å². The Bertz CT molecular complexity index is 516. The summed E-state index contributed by atoms with van der Waals surface area (Å²) < 4.78 is 13.8. The Hall–Kier alpha value is -2.02. The molecule has 6 nitrogen and oxygen atoms in total. The second kappa shape index (κ2) is 6.42. The van der Waals surface area contributed by atoms with Gasteiger partial charge in [-0.15, -0.1) is 0 Å². The highest BCUT2D eigenvalue weighted by Crippen LogP contribution is 2.19. The van der Waals surface area contributed by atoms with Gasteiger partial charge in [0.1, 0.15) is 0 Å². The minimum absolute atomic E-state index is 0.0201. The summed E-state index contributed by atoms with van der Waals surface area (Å²) in [6.45, 7) is 1.74. The Labute approximate surface area is 115 Å². The topological polar surface area (TPSA) is 75.5 Å². The van der Waals surface area contributed by atoms with Crippen LogP contribution in [0.1, 0.15) is 18.4 Å². The van der Waals surface area contributed by atoms with Gasteiger partial charge in [-0.05, 0) is 12.8 Å². The van der Waals surface area contributed by atoms with Crippen molar-refractivity contribution >= 4 is 11.6 Å². The molecule has 0 bridgehead atoms. The Morgan fingerprint density at radius 1 is 1.40 bits per heavy atom. The number of benzene rings is 1. The maximum Gasteiger partial charge on any atom is 0.305 e. The SMILES string of the molecule is O=C(CNCc1cccc([N+](=O)[O-])c1F)N1CCCC1. The summed E-state index contributed by atoms with van der Waals surface area (Å²) in [6, 6.07) is 4.02. The zero-order chi connectivity index (χ0) is 14.5. The highest BCUT2D eigenvalue weighted by Gasteiger charge is 2.19. The van der Waals surface area contributed by atoms with E-state index in [4.69, 9.17) is 0 Å². The largest absolute Gasteiger partial charge is 0.342 e. The van der Waals surface area contributed by atoms with Crippen molar-refractivity contribution in [3.63, 3.8) is 0 Å². The second-order valence-electron chi connectivity index (χ2n) is 4.70. The minimum atomic E-state index is -0.848. The fourth-order valence-electron chi connectivity index (χ4n) is 2.23. The Morgan fingerprint density at radius 3 is 2.75 bits per heavy atom. The van der Waals surface area contributed by atoms with Crippen LogP contribution in [0.15, 0.2) is 18.2 Å². The van der Waals surface area contributed by atoms with Gasteiger partial charge in [0.2, 0.25) is 11.7 Å². The van der Waals surface area contributed by atoms with E-state index in [-0.39, 0.29) is 24.6 Å². The standard InChI is InChI=1S/C13H16FN3O3/c14-13-10(4-3-5-11(13)17(19)20)8-15-9-12(18)16-6-1-2-7-16/h3-5,15H,1-2,6-9H2. The number of hydrogen-bond acceptors (Lipinski definition) is 4. The van der Waals surface area contributed by atoms with Crippen molar-refractivity contribution in [2.75, 3.05) is 19.6 Å². The molecule has 2 rings (SSSR count). The zero-order valence-corrected chi connectivity index (χ0v) is 11.0. The summed E-state index contributed by atoms with van der Waals surface area (Å²) in [4.78, 5) is 23.4. The number of carbonyl (C=O) groups excluding carboxylic acids is 1. The van der Waals surface area contributed by atoms with E-state index >= 15 is 0 Å². The summed E-state index contributed by atoms with van der Waals surface area (Å²) >= 11 is 0. The number of rotatable bonds is 5. The number of hydrogen-bond donors (Lipinski definition) is 1. The first kappa shape index (κ1) is 14.4. The third-order valence-corrected chi connectivity index (χ3v) is 3.31. The van der Waals surface area contributed by atoms with Crippen LogP contribution in [-0.4, -0.2) is 35.4 Å². The molecule has 108 valence electrons. The lowest BCUT2D eigenvalue weighted by molar-refractivity contribution is -0.387. The molecule has 0 spiro atoms. The van der Waals surface area contributed by atoms with Gasteiger partial charge in [-0.3, -0.25) is 14.9 Å². The Balaban J connectivity index is 1.89. The lowest BCUT2D eigenvalue weighted by Gasteiger charge is -2.15. The summed E-state index contributed by atoms with van der Waals surface area (Å²) in [5, 5.41) is 13.4. The summed E-state index contributed by atoms with van der Waals surface area (Å²) in [7, 11) is 0. The van der Waals surface area contributed by atoms with Crippen molar-refractivity contribution in [2.24, 2.45) is 0 Å². The highest BCUT2D eigenvalue weighted by atomic mass is 19.1. The third-order valence-electron chi connectivity index (χ3n) is 3.31. The molecule has 0 aliphatic carbocycles. The van der Waals surface area contributed by atoms with Gasteiger partial charge in [0.25, 0.3) is 0 Å². The molecule has 1 amide bonds. The molecule has 1 aliphatic rings. The molecule has 1 saturated heterocycles. The molecular formula is C13H16FN3O3. The van der Waals surface area contributed by atoms with Gasteiger partial charge >= 0.3 is 5.69 Å². The van der Waals surface area contributed by atoms with Gasteiger partial charge < -0.3 is 10.2 Å². The molecular weight excluding hydrogens is 265 g/mol. The van der Waals surface area contributed by atoms with Crippen molar-refractivity contribution in [1.29, 1.82) is 0 Å². The van der Waals surface area contributed by atoms with Crippen LogP contribution in [0.2, 0.25) is 0 Å². The molecule has 1 heterocycles.